The van der Waals surface area contributed by atoms with Crippen molar-refractivity contribution in [1.82, 2.24) is 0 Å². The average Bonchev–Trinajstić information content (AvgIpc) is 2.39. The minimum atomic E-state index is 0.531. The lowest BCUT2D eigenvalue weighted by atomic mass is 10.2. The second-order valence-corrected chi connectivity index (χ2v) is 5.86. The molecule has 0 aromatic heterocycles. The molecule has 0 radical (unpaired) electrons. The topological polar surface area (TPSA) is 18.5 Å². The van der Waals surface area contributed by atoms with E-state index in [1.165, 1.54) is 21.7 Å². The van der Waals surface area contributed by atoms with Gasteiger partial charge in [-0.25, -0.2) is 0 Å². The Morgan fingerprint density at radius 1 is 0.737 bits per heavy atom. The molecular weight excluding hydrogens is 255 g/mol. The summed E-state index contributed by atoms with van der Waals surface area (Å²) in [6.07, 6.45) is 0. The molecule has 0 fully saturated rings. The van der Waals surface area contributed by atoms with Gasteiger partial charge in [-0.1, -0.05) is 31.8 Å². The van der Waals surface area contributed by atoms with Crippen LogP contribution < -0.4 is 20.1 Å². The largest absolute Gasteiger partial charge is 0.496 e. The quantitative estimate of drug-likeness (QED) is 0.798. The van der Waals surface area contributed by atoms with Crippen LogP contribution in [0, 0.1) is 13.8 Å². The van der Waals surface area contributed by atoms with Crippen molar-refractivity contribution in [3.8, 4) is 11.5 Å². The van der Waals surface area contributed by atoms with Crippen molar-refractivity contribution in [2.24, 2.45) is 0 Å². The molecule has 2 nitrogen and oxygen atoms in total. The lowest BCUT2D eigenvalue weighted by Crippen LogP contribution is -2.10. The molecule has 0 aliphatic rings. The Hall–Kier alpha value is -1.53. The zero-order valence-corrected chi connectivity index (χ0v) is 12.8. The summed E-state index contributed by atoms with van der Waals surface area (Å²) < 4.78 is 10.9. The number of methoxy groups -OCH3 is 2. The maximum atomic E-state index is 5.44. The zero-order chi connectivity index (χ0) is 13.8. The average molecular weight is 274 g/mol. The molecule has 0 amide bonds. The van der Waals surface area contributed by atoms with Gasteiger partial charge in [-0.05, 0) is 38.1 Å². The molecule has 0 unspecified atom stereocenters. The van der Waals surface area contributed by atoms with Crippen LogP contribution >= 0.6 is 8.58 Å². The number of benzene rings is 2. The first-order chi connectivity index (χ1) is 9.13. The fourth-order valence-corrected chi connectivity index (χ4v) is 3.49. The van der Waals surface area contributed by atoms with Gasteiger partial charge >= 0.3 is 0 Å². The number of ether oxygens (including phenoxy) is 2. The van der Waals surface area contributed by atoms with Crippen LogP contribution in [0.5, 0.6) is 11.5 Å². The first-order valence-corrected chi connectivity index (χ1v) is 7.20. The highest BCUT2D eigenvalue weighted by Crippen LogP contribution is 2.25. The lowest BCUT2D eigenvalue weighted by Gasteiger charge is -2.13. The Labute approximate surface area is 116 Å². The van der Waals surface area contributed by atoms with E-state index in [4.69, 9.17) is 9.47 Å². The minimum Gasteiger partial charge on any atom is -0.496 e. The smallest absolute Gasteiger partial charge is 0.126 e. The highest BCUT2D eigenvalue weighted by molar-refractivity contribution is 7.56. The Balaban J connectivity index is 2.40. The SMILES string of the molecule is COc1ccc(C)cc1Pc1cc(C)ccc1OC. The van der Waals surface area contributed by atoms with Gasteiger partial charge in [0.2, 0.25) is 0 Å². The van der Waals surface area contributed by atoms with Crippen molar-refractivity contribution in [2.75, 3.05) is 14.2 Å². The number of rotatable bonds is 4. The normalized spacial score (nSPS) is 10.3. The molecule has 3 heteroatoms. The zero-order valence-electron chi connectivity index (χ0n) is 11.8. The molecule has 0 atom stereocenters. The summed E-state index contributed by atoms with van der Waals surface area (Å²) in [5.41, 5.74) is 2.49. The van der Waals surface area contributed by atoms with Crippen LogP contribution in [0.3, 0.4) is 0 Å². The molecule has 0 spiro atoms. The predicted octanol–water partition coefficient (Wildman–Crippen LogP) is 2.95. The molecule has 0 heterocycles. The first-order valence-electron chi connectivity index (χ1n) is 6.20. The van der Waals surface area contributed by atoms with E-state index in [0.29, 0.717) is 8.58 Å². The van der Waals surface area contributed by atoms with Crippen LogP contribution in [0.2, 0.25) is 0 Å². The summed E-state index contributed by atoms with van der Waals surface area (Å²) in [5, 5.41) is 2.43. The van der Waals surface area contributed by atoms with Crippen molar-refractivity contribution in [3.63, 3.8) is 0 Å². The summed E-state index contributed by atoms with van der Waals surface area (Å²) >= 11 is 0. The van der Waals surface area contributed by atoms with Gasteiger partial charge in [0.05, 0.1) is 14.2 Å². The van der Waals surface area contributed by atoms with Gasteiger partial charge < -0.3 is 9.47 Å². The standard InChI is InChI=1S/C16H19O2P/c1-11-5-7-13(17-3)15(9-11)19-16-10-12(2)6-8-14(16)18-4/h5-10,19H,1-4H3. The number of hydrogen-bond donors (Lipinski definition) is 0. The molecule has 0 bridgehead atoms. The molecule has 0 N–H and O–H groups in total. The van der Waals surface area contributed by atoms with Gasteiger partial charge in [0.25, 0.3) is 0 Å². The monoisotopic (exact) mass is 274 g/mol. The number of aryl methyl sites for hydroxylation is 2. The molecule has 19 heavy (non-hydrogen) atoms. The third-order valence-corrected chi connectivity index (χ3v) is 4.30. The van der Waals surface area contributed by atoms with E-state index in [-0.39, 0.29) is 0 Å². The molecule has 0 aliphatic heterocycles. The molecular formula is C16H19O2P. The van der Waals surface area contributed by atoms with Crippen LogP contribution in [-0.4, -0.2) is 14.2 Å². The summed E-state index contributed by atoms with van der Waals surface area (Å²) in [6.45, 7) is 4.20. The van der Waals surface area contributed by atoms with Crippen molar-refractivity contribution in [3.05, 3.63) is 47.5 Å². The third-order valence-electron chi connectivity index (χ3n) is 2.98. The van der Waals surface area contributed by atoms with Crippen molar-refractivity contribution in [2.45, 2.75) is 13.8 Å². The molecule has 100 valence electrons. The molecule has 0 saturated carbocycles. The second-order valence-electron chi connectivity index (χ2n) is 4.53. The van der Waals surface area contributed by atoms with E-state index in [0.717, 1.165) is 11.5 Å². The molecule has 0 aliphatic carbocycles. The molecule has 0 saturated heterocycles. The Morgan fingerprint density at radius 2 is 1.16 bits per heavy atom. The van der Waals surface area contributed by atoms with E-state index in [9.17, 15) is 0 Å². The second kappa shape index (κ2) is 6.08. The van der Waals surface area contributed by atoms with E-state index in [1.54, 1.807) is 14.2 Å². The first kappa shape index (κ1) is 13.9. The highest BCUT2D eigenvalue weighted by atomic mass is 31.1. The van der Waals surface area contributed by atoms with Gasteiger partial charge in [-0.3, -0.25) is 0 Å². The fourth-order valence-electron chi connectivity index (χ4n) is 1.98. The Morgan fingerprint density at radius 3 is 1.53 bits per heavy atom. The van der Waals surface area contributed by atoms with E-state index in [1.807, 2.05) is 12.1 Å². The highest BCUT2D eigenvalue weighted by Gasteiger charge is 2.09. The van der Waals surface area contributed by atoms with Gasteiger partial charge in [-0.2, -0.15) is 0 Å². The van der Waals surface area contributed by atoms with E-state index < -0.39 is 0 Å². The predicted molar refractivity (Wildman–Crippen MR) is 83.0 cm³/mol. The summed E-state index contributed by atoms with van der Waals surface area (Å²) in [4.78, 5) is 0. The number of hydrogen-bond acceptors (Lipinski definition) is 2. The van der Waals surface area contributed by atoms with Gasteiger partial charge in [0.1, 0.15) is 11.5 Å². The molecule has 2 rings (SSSR count). The summed E-state index contributed by atoms with van der Waals surface area (Å²) in [6, 6.07) is 12.6. The summed E-state index contributed by atoms with van der Waals surface area (Å²) in [5.74, 6) is 1.87. The molecule has 2 aromatic carbocycles. The fraction of sp³-hybridized carbons (Fsp3) is 0.250. The van der Waals surface area contributed by atoms with Crippen molar-refractivity contribution >= 4 is 19.2 Å². The van der Waals surface area contributed by atoms with Crippen molar-refractivity contribution in [1.29, 1.82) is 0 Å². The van der Waals surface area contributed by atoms with Gasteiger partial charge in [-0.15, -0.1) is 0 Å². The maximum Gasteiger partial charge on any atom is 0.126 e. The summed E-state index contributed by atoms with van der Waals surface area (Å²) in [7, 11) is 3.96. The Kier molecular flexibility index (Phi) is 4.44. The van der Waals surface area contributed by atoms with E-state index >= 15 is 0 Å². The maximum absolute atomic E-state index is 5.44. The van der Waals surface area contributed by atoms with Gasteiger partial charge in [0.15, 0.2) is 0 Å². The van der Waals surface area contributed by atoms with Crippen LogP contribution in [0.4, 0.5) is 0 Å². The molecule has 2 aromatic rings. The Bertz CT molecular complexity index is 527. The van der Waals surface area contributed by atoms with E-state index in [2.05, 4.69) is 38.1 Å². The lowest BCUT2D eigenvalue weighted by molar-refractivity contribution is 0.417. The van der Waals surface area contributed by atoms with Crippen LogP contribution in [0.25, 0.3) is 0 Å². The van der Waals surface area contributed by atoms with Crippen LogP contribution in [0.15, 0.2) is 36.4 Å². The van der Waals surface area contributed by atoms with Crippen LogP contribution in [0.1, 0.15) is 11.1 Å². The van der Waals surface area contributed by atoms with Crippen LogP contribution in [-0.2, 0) is 0 Å². The van der Waals surface area contributed by atoms with Gasteiger partial charge in [0, 0.05) is 10.6 Å². The third kappa shape index (κ3) is 3.27. The minimum absolute atomic E-state index is 0.531. The van der Waals surface area contributed by atoms with Crippen molar-refractivity contribution < 1.29 is 9.47 Å².